The van der Waals surface area contributed by atoms with Crippen molar-refractivity contribution in [2.45, 2.75) is 6.67 Å². The van der Waals surface area contributed by atoms with Gasteiger partial charge in [0.25, 0.3) is 5.91 Å². The monoisotopic (exact) mass is 435 g/mol. The van der Waals surface area contributed by atoms with Crippen LogP contribution in [0.3, 0.4) is 0 Å². The van der Waals surface area contributed by atoms with Gasteiger partial charge in [-0.1, -0.05) is 36.4 Å². The second kappa shape index (κ2) is 8.24. The van der Waals surface area contributed by atoms with Crippen LogP contribution in [-0.4, -0.2) is 22.6 Å². The van der Waals surface area contributed by atoms with Gasteiger partial charge in [0.2, 0.25) is 0 Å². The SMILES string of the molecule is COc1cccc(-c2ncc3n2CN(C(=O)c2cccc(F)c2)c2ccccc2-3)c1.Cl. The van der Waals surface area contributed by atoms with Gasteiger partial charge in [-0.05, 0) is 36.4 Å². The number of hydrogen-bond donors (Lipinski definition) is 0. The smallest absolute Gasteiger partial charge is 0.259 e. The van der Waals surface area contributed by atoms with E-state index < -0.39 is 5.82 Å². The minimum atomic E-state index is -0.438. The average Bonchev–Trinajstić information content (AvgIpc) is 3.22. The fourth-order valence-corrected chi connectivity index (χ4v) is 3.82. The van der Waals surface area contributed by atoms with Crippen molar-refractivity contribution in [1.29, 1.82) is 0 Å². The van der Waals surface area contributed by atoms with E-state index in [1.54, 1.807) is 24.1 Å². The number of ether oxygens (including phenoxy) is 1. The number of carbonyl (C=O) groups excluding carboxylic acids is 1. The molecule has 5 nitrogen and oxygen atoms in total. The number of methoxy groups -OCH3 is 1. The minimum absolute atomic E-state index is 0. The van der Waals surface area contributed by atoms with Gasteiger partial charge in [-0.15, -0.1) is 12.4 Å². The van der Waals surface area contributed by atoms with E-state index in [1.807, 2.05) is 59.3 Å². The van der Waals surface area contributed by atoms with Crippen LogP contribution in [-0.2, 0) is 6.67 Å². The standard InChI is InChI=1S/C24H18FN3O2.ClH/c1-30-19-9-5-6-16(13-19)23-26-14-22-20-10-2-3-11-21(20)28(15-27(22)23)24(29)17-7-4-8-18(25)12-17;/h2-14H,15H2,1H3;1H. The number of carbonyl (C=O) groups is 1. The third kappa shape index (κ3) is 3.55. The van der Waals surface area contributed by atoms with E-state index in [1.165, 1.54) is 12.1 Å². The van der Waals surface area contributed by atoms with Gasteiger partial charge in [0.15, 0.2) is 0 Å². The lowest BCUT2D eigenvalue weighted by molar-refractivity contribution is 0.0978. The highest BCUT2D eigenvalue weighted by molar-refractivity contribution is 6.08. The van der Waals surface area contributed by atoms with E-state index in [0.717, 1.165) is 34.1 Å². The van der Waals surface area contributed by atoms with E-state index >= 15 is 0 Å². The number of hydrogen-bond acceptors (Lipinski definition) is 3. The molecule has 5 rings (SSSR count). The van der Waals surface area contributed by atoms with Crippen molar-refractivity contribution in [2.75, 3.05) is 12.0 Å². The Bertz CT molecular complexity index is 1270. The van der Waals surface area contributed by atoms with E-state index in [0.29, 0.717) is 5.56 Å². The molecule has 0 N–H and O–H groups in total. The zero-order chi connectivity index (χ0) is 20.7. The molecule has 7 heteroatoms. The van der Waals surface area contributed by atoms with Crippen LogP contribution in [0.25, 0.3) is 22.6 Å². The summed E-state index contributed by atoms with van der Waals surface area (Å²) in [5, 5.41) is 0. The first kappa shape index (κ1) is 20.6. The maximum atomic E-state index is 13.7. The van der Waals surface area contributed by atoms with Gasteiger partial charge in [-0.25, -0.2) is 9.37 Å². The predicted octanol–water partition coefficient (Wildman–Crippen LogP) is 5.40. The van der Waals surface area contributed by atoms with Crippen molar-refractivity contribution >= 4 is 24.0 Å². The maximum Gasteiger partial charge on any atom is 0.259 e. The highest BCUT2D eigenvalue weighted by Gasteiger charge is 2.29. The summed E-state index contributed by atoms with van der Waals surface area (Å²) in [6.45, 7) is 0.272. The molecule has 0 unspecified atom stereocenters. The Balaban J connectivity index is 0.00000231. The number of imidazole rings is 1. The zero-order valence-corrected chi connectivity index (χ0v) is 17.5. The fourth-order valence-electron chi connectivity index (χ4n) is 3.82. The number of rotatable bonds is 3. The molecule has 1 aliphatic rings. The summed E-state index contributed by atoms with van der Waals surface area (Å²) in [5.41, 5.74) is 3.78. The van der Waals surface area contributed by atoms with E-state index in [2.05, 4.69) is 4.98 Å². The lowest BCUT2D eigenvalue weighted by Gasteiger charge is -2.31. The maximum absolute atomic E-state index is 13.7. The predicted molar refractivity (Wildman–Crippen MR) is 120 cm³/mol. The topological polar surface area (TPSA) is 47.4 Å². The molecule has 1 aromatic heterocycles. The van der Waals surface area contributed by atoms with E-state index in [-0.39, 0.29) is 25.0 Å². The Morgan fingerprint density at radius 1 is 1.03 bits per heavy atom. The number of fused-ring (bicyclic) bond motifs is 3. The third-order valence-corrected chi connectivity index (χ3v) is 5.25. The van der Waals surface area contributed by atoms with Crippen molar-refractivity contribution in [3.63, 3.8) is 0 Å². The molecular formula is C24H19ClFN3O2. The number of aromatic nitrogens is 2. The second-order valence-electron chi connectivity index (χ2n) is 7.03. The summed E-state index contributed by atoms with van der Waals surface area (Å²) in [6, 6.07) is 21.1. The molecule has 0 spiro atoms. The number of para-hydroxylation sites is 1. The Morgan fingerprint density at radius 3 is 2.65 bits per heavy atom. The Kier molecular flexibility index (Phi) is 5.48. The van der Waals surface area contributed by atoms with Gasteiger partial charge in [-0.3, -0.25) is 9.69 Å². The molecule has 0 saturated heterocycles. The molecule has 0 fully saturated rings. The molecular weight excluding hydrogens is 417 g/mol. The Labute approximate surface area is 185 Å². The average molecular weight is 436 g/mol. The summed E-state index contributed by atoms with van der Waals surface area (Å²) in [6.07, 6.45) is 1.82. The zero-order valence-electron chi connectivity index (χ0n) is 16.7. The second-order valence-corrected chi connectivity index (χ2v) is 7.03. The highest BCUT2D eigenvalue weighted by Crippen LogP contribution is 2.39. The Morgan fingerprint density at radius 2 is 1.84 bits per heavy atom. The van der Waals surface area contributed by atoms with Crippen LogP contribution in [0.1, 0.15) is 10.4 Å². The number of amides is 1. The van der Waals surface area contributed by atoms with Crippen molar-refractivity contribution < 1.29 is 13.9 Å². The lowest BCUT2D eigenvalue weighted by atomic mass is 10.1. The third-order valence-electron chi connectivity index (χ3n) is 5.25. The normalized spacial score (nSPS) is 11.9. The molecule has 0 radical (unpaired) electrons. The first-order valence-corrected chi connectivity index (χ1v) is 9.52. The fraction of sp³-hybridized carbons (Fsp3) is 0.0833. The van der Waals surface area contributed by atoms with Crippen LogP contribution >= 0.6 is 12.4 Å². The molecule has 0 aliphatic carbocycles. The summed E-state index contributed by atoms with van der Waals surface area (Å²) in [7, 11) is 1.62. The first-order chi connectivity index (χ1) is 14.7. The van der Waals surface area contributed by atoms with Crippen molar-refractivity contribution in [2.24, 2.45) is 0 Å². The summed E-state index contributed by atoms with van der Waals surface area (Å²) >= 11 is 0. The number of benzene rings is 3. The number of nitrogens with zero attached hydrogens (tertiary/aromatic N) is 3. The van der Waals surface area contributed by atoms with Gasteiger partial charge in [0, 0.05) is 16.7 Å². The summed E-state index contributed by atoms with van der Waals surface area (Å²) in [4.78, 5) is 19.6. The van der Waals surface area contributed by atoms with Crippen molar-refractivity contribution in [3.8, 4) is 28.4 Å². The molecule has 0 bridgehead atoms. The van der Waals surface area contributed by atoms with Crippen LogP contribution in [0.15, 0.2) is 79.0 Å². The van der Waals surface area contributed by atoms with Crippen molar-refractivity contribution in [1.82, 2.24) is 9.55 Å². The van der Waals surface area contributed by atoms with Gasteiger partial charge >= 0.3 is 0 Å². The molecule has 156 valence electrons. The molecule has 1 amide bonds. The quantitative estimate of drug-likeness (QED) is 0.432. The first-order valence-electron chi connectivity index (χ1n) is 9.52. The van der Waals surface area contributed by atoms with Gasteiger partial charge in [0.1, 0.15) is 24.1 Å². The number of anilines is 1. The molecule has 0 saturated carbocycles. The molecule has 1 aliphatic heterocycles. The van der Waals surface area contributed by atoms with Crippen LogP contribution < -0.4 is 9.64 Å². The molecule has 3 aromatic carbocycles. The highest BCUT2D eigenvalue weighted by atomic mass is 35.5. The molecule has 4 aromatic rings. The van der Waals surface area contributed by atoms with Gasteiger partial charge in [-0.2, -0.15) is 0 Å². The largest absolute Gasteiger partial charge is 0.497 e. The molecule has 2 heterocycles. The van der Waals surface area contributed by atoms with Gasteiger partial charge in [0.05, 0.1) is 24.7 Å². The Hall–Kier alpha value is -3.64. The lowest BCUT2D eigenvalue weighted by Crippen LogP contribution is -2.36. The minimum Gasteiger partial charge on any atom is -0.497 e. The van der Waals surface area contributed by atoms with Crippen LogP contribution in [0.4, 0.5) is 10.1 Å². The summed E-state index contributed by atoms with van der Waals surface area (Å²) < 4.78 is 21.1. The van der Waals surface area contributed by atoms with Crippen molar-refractivity contribution in [3.05, 3.63) is 90.4 Å². The van der Waals surface area contributed by atoms with Crippen LogP contribution in [0, 0.1) is 5.82 Å². The summed E-state index contributed by atoms with van der Waals surface area (Å²) in [5.74, 6) is 0.758. The molecule has 31 heavy (non-hydrogen) atoms. The number of halogens is 2. The van der Waals surface area contributed by atoms with Crippen LogP contribution in [0.2, 0.25) is 0 Å². The van der Waals surface area contributed by atoms with E-state index in [9.17, 15) is 9.18 Å². The van der Waals surface area contributed by atoms with Crippen LogP contribution in [0.5, 0.6) is 5.75 Å². The van der Waals surface area contributed by atoms with E-state index in [4.69, 9.17) is 4.74 Å². The molecule has 0 atom stereocenters. The van der Waals surface area contributed by atoms with Gasteiger partial charge < -0.3 is 9.30 Å².